The van der Waals surface area contributed by atoms with Gasteiger partial charge in [-0.2, -0.15) is 13.2 Å². The van der Waals surface area contributed by atoms with Crippen molar-refractivity contribution in [1.29, 1.82) is 0 Å². The van der Waals surface area contributed by atoms with Crippen molar-refractivity contribution in [3.63, 3.8) is 0 Å². The molecule has 1 aromatic rings. The van der Waals surface area contributed by atoms with Crippen molar-refractivity contribution in [3.05, 3.63) is 29.3 Å². The van der Waals surface area contributed by atoms with E-state index in [0.29, 0.717) is 6.07 Å². The highest BCUT2D eigenvalue weighted by atomic mass is 19.4. The van der Waals surface area contributed by atoms with Crippen molar-refractivity contribution >= 4 is 0 Å². The van der Waals surface area contributed by atoms with E-state index in [9.17, 15) is 17.6 Å². The Morgan fingerprint density at radius 2 is 2.00 bits per heavy atom. The van der Waals surface area contributed by atoms with Crippen LogP contribution in [0.5, 0.6) is 0 Å². The fraction of sp³-hybridized carbons (Fsp3) is 0.375. The van der Waals surface area contributed by atoms with E-state index in [1.807, 2.05) is 0 Å². The molecule has 0 radical (unpaired) electrons. The third-order valence-corrected chi connectivity index (χ3v) is 1.61. The van der Waals surface area contributed by atoms with Gasteiger partial charge in [0.1, 0.15) is 0 Å². The number of pyridine rings is 1. The van der Waals surface area contributed by atoms with E-state index in [1.54, 1.807) is 0 Å². The highest BCUT2D eigenvalue weighted by molar-refractivity contribution is 5.19. The summed E-state index contributed by atoms with van der Waals surface area (Å²) in [5.74, 6) is -1.48. The van der Waals surface area contributed by atoms with Crippen LogP contribution < -0.4 is 0 Å². The summed E-state index contributed by atoms with van der Waals surface area (Å²) in [5.41, 5.74) is -1.56. The van der Waals surface area contributed by atoms with E-state index >= 15 is 0 Å². The molecule has 1 rings (SSSR count). The lowest BCUT2D eigenvalue weighted by molar-refractivity contribution is -0.143. The average Bonchev–Trinajstić information content (AvgIpc) is 2.01. The first-order valence-electron chi connectivity index (χ1n) is 3.73. The van der Waals surface area contributed by atoms with Crippen LogP contribution in [0.25, 0.3) is 0 Å². The molecule has 6 heteroatoms. The Balaban J connectivity index is 3.15. The molecule has 0 fully saturated rings. The van der Waals surface area contributed by atoms with Crippen LogP contribution >= 0.6 is 0 Å². The molecule has 14 heavy (non-hydrogen) atoms. The maximum absolute atomic E-state index is 12.8. The Kier molecular flexibility index (Phi) is 2.75. The van der Waals surface area contributed by atoms with Crippen LogP contribution in [0.2, 0.25) is 0 Å². The summed E-state index contributed by atoms with van der Waals surface area (Å²) in [7, 11) is 0. The first-order chi connectivity index (χ1) is 6.32. The van der Waals surface area contributed by atoms with Crippen molar-refractivity contribution in [2.75, 3.05) is 0 Å². The Morgan fingerprint density at radius 3 is 2.36 bits per heavy atom. The van der Waals surface area contributed by atoms with Crippen LogP contribution in [0, 0.1) is 5.82 Å². The van der Waals surface area contributed by atoms with Gasteiger partial charge in [0.15, 0.2) is 11.5 Å². The summed E-state index contributed by atoms with van der Waals surface area (Å²) in [6.45, 7) is 1.31. The maximum Gasteiger partial charge on any atom is 0.436 e. The lowest BCUT2D eigenvalue weighted by atomic mass is 10.1. The van der Waals surface area contributed by atoms with Crippen molar-refractivity contribution in [2.24, 2.45) is 0 Å². The van der Waals surface area contributed by atoms with Gasteiger partial charge in [0.25, 0.3) is 0 Å². The van der Waals surface area contributed by atoms with Crippen molar-refractivity contribution in [3.8, 4) is 0 Å². The second-order valence-electron chi connectivity index (χ2n) is 2.77. The third-order valence-electron chi connectivity index (χ3n) is 1.61. The predicted octanol–water partition coefficient (Wildman–Crippen LogP) is 2.29. The Morgan fingerprint density at radius 1 is 1.43 bits per heavy atom. The molecular formula is C8H7F4NO. The number of nitrogens with zero attached hydrogens (tertiary/aromatic N) is 1. The minimum Gasteiger partial charge on any atom is -0.389 e. The van der Waals surface area contributed by atoms with Gasteiger partial charge in [0, 0.05) is 11.8 Å². The average molecular weight is 209 g/mol. The molecule has 0 aliphatic carbocycles. The number of hydrogen-bond donors (Lipinski definition) is 1. The number of rotatable bonds is 1. The number of hydrogen-bond acceptors (Lipinski definition) is 2. The molecule has 1 atom stereocenters. The van der Waals surface area contributed by atoms with E-state index in [2.05, 4.69) is 4.98 Å². The van der Waals surface area contributed by atoms with Crippen molar-refractivity contribution in [1.82, 2.24) is 4.98 Å². The summed E-state index contributed by atoms with van der Waals surface area (Å²) in [4.78, 5) is 2.91. The number of aliphatic hydroxyl groups is 1. The van der Waals surface area contributed by atoms with Gasteiger partial charge in [-0.05, 0) is 13.0 Å². The normalized spacial score (nSPS) is 14.1. The van der Waals surface area contributed by atoms with E-state index in [0.717, 1.165) is 6.20 Å². The fourth-order valence-electron chi connectivity index (χ4n) is 0.890. The molecular weight excluding hydrogens is 202 g/mol. The highest BCUT2D eigenvalue weighted by Crippen LogP contribution is 2.30. The molecule has 1 heterocycles. The van der Waals surface area contributed by atoms with Crippen molar-refractivity contribution in [2.45, 2.75) is 19.2 Å². The summed E-state index contributed by atoms with van der Waals surface area (Å²) in [5, 5.41) is 8.95. The second-order valence-corrected chi connectivity index (χ2v) is 2.77. The monoisotopic (exact) mass is 209 g/mol. The molecule has 1 N–H and O–H groups in total. The number of alkyl halides is 3. The molecule has 0 saturated heterocycles. The summed E-state index contributed by atoms with van der Waals surface area (Å²) in [6, 6.07) is 0.625. The topological polar surface area (TPSA) is 33.1 Å². The van der Waals surface area contributed by atoms with Crippen LogP contribution in [0.4, 0.5) is 17.6 Å². The summed E-state index contributed by atoms with van der Waals surface area (Å²) < 4.78 is 48.9. The smallest absolute Gasteiger partial charge is 0.389 e. The second kappa shape index (κ2) is 3.53. The molecule has 1 unspecified atom stereocenters. The standard InChI is InChI=1S/C8H7F4NO/c1-4(14)5-2-6(9)7(13-3-5)8(10,11)12/h2-4,14H,1H3. The molecule has 0 aliphatic heterocycles. The first-order valence-corrected chi connectivity index (χ1v) is 3.73. The molecule has 0 amide bonds. The van der Waals surface area contributed by atoms with Gasteiger partial charge in [-0.3, -0.25) is 0 Å². The van der Waals surface area contributed by atoms with E-state index in [-0.39, 0.29) is 5.56 Å². The van der Waals surface area contributed by atoms with Crippen LogP contribution in [0.1, 0.15) is 24.3 Å². The van der Waals surface area contributed by atoms with Crippen LogP contribution in [-0.2, 0) is 6.18 Å². The number of aromatic nitrogens is 1. The minimum absolute atomic E-state index is 0.00972. The zero-order valence-electron chi connectivity index (χ0n) is 7.14. The van der Waals surface area contributed by atoms with Crippen LogP contribution in [0.3, 0.4) is 0 Å². The zero-order valence-corrected chi connectivity index (χ0v) is 7.14. The van der Waals surface area contributed by atoms with E-state index in [4.69, 9.17) is 5.11 Å². The minimum atomic E-state index is -4.80. The molecule has 0 aromatic carbocycles. The maximum atomic E-state index is 12.8. The molecule has 78 valence electrons. The van der Waals surface area contributed by atoms with Crippen LogP contribution in [0.15, 0.2) is 12.3 Å². The first kappa shape index (κ1) is 10.9. The summed E-state index contributed by atoms with van der Waals surface area (Å²) in [6.07, 6.45) is -5.04. The molecule has 0 saturated carbocycles. The van der Waals surface area contributed by atoms with Gasteiger partial charge in [0.2, 0.25) is 0 Å². The zero-order chi connectivity index (χ0) is 10.9. The van der Waals surface area contributed by atoms with Crippen LogP contribution in [-0.4, -0.2) is 10.1 Å². The molecule has 0 bridgehead atoms. The number of aliphatic hydroxyl groups excluding tert-OH is 1. The van der Waals surface area contributed by atoms with Gasteiger partial charge in [0.05, 0.1) is 6.10 Å². The highest BCUT2D eigenvalue weighted by Gasteiger charge is 2.36. The SMILES string of the molecule is CC(O)c1cnc(C(F)(F)F)c(F)c1. The Hall–Kier alpha value is -1.17. The Bertz CT molecular complexity index is 335. The lowest BCUT2D eigenvalue weighted by Gasteiger charge is -2.09. The molecule has 1 aromatic heterocycles. The van der Waals surface area contributed by atoms with Crippen molar-refractivity contribution < 1.29 is 22.7 Å². The lowest BCUT2D eigenvalue weighted by Crippen LogP contribution is -2.11. The molecule has 0 spiro atoms. The third kappa shape index (κ3) is 2.20. The molecule has 2 nitrogen and oxygen atoms in total. The summed E-state index contributed by atoms with van der Waals surface area (Å²) >= 11 is 0. The van der Waals surface area contributed by atoms with Gasteiger partial charge < -0.3 is 5.11 Å². The Labute approximate surface area is 77.2 Å². The fourth-order valence-corrected chi connectivity index (χ4v) is 0.890. The quantitative estimate of drug-likeness (QED) is 0.720. The predicted molar refractivity (Wildman–Crippen MR) is 39.8 cm³/mol. The van der Waals surface area contributed by atoms with Gasteiger partial charge in [-0.15, -0.1) is 0 Å². The van der Waals surface area contributed by atoms with E-state index in [1.165, 1.54) is 6.92 Å². The van der Waals surface area contributed by atoms with Gasteiger partial charge >= 0.3 is 6.18 Å². The largest absolute Gasteiger partial charge is 0.436 e. The van der Waals surface area contributed by atoms with Gasteiger partial charge in [-0.25, -0.2) is 9.37 Å². The van der Waals surface area contributed by atoms with E-state index < -0.39 is 23.8 Å². The molecule has 0 aliphatic rings. The van der Waals surface area contributed by atoms with Gasteiger partial charge in [-0.1, -0.05) is 0 Å². The number of halogens is 4.